The number of aryl methyl sites for hydroxylation is 3. The van der Waals surface area contributed by atoms with E-state index >= 15 is 0 Å². The highest BCUT2D eigenvalue weighted by atomic mass is 15.3. The number of hydrogen-bond acceptors (Lipinski definition) is 4. The van der Waals surface area contributed by atoms with E-state index in [0.717, 1.165) is 52.1 Å². The van der Waals surface area contributed by atoms with Gasteiger partial charge in [0.15, 0.2) is 11.3 Å². The van der Waals surface area contributed by atoms with E-state index in [9.17, 15) is 0 Å². The quantitative estimate of drug-likeness (QED) is 0.409. The molecule has 7 nitrogen and oxygen atoms in total. The van der Waals surface area contributed by atoms with Gasteiger partial charge >= 0.3 is 0 Å². The van der Waals surface area contributed by atoms with Crippen molar-refractivity contribution in [1.82, 2.24) is 23.7 Å². The van der Waals surface area contributed by atoms with E-state index in [1.54, 1.807) is 0 Å². The molecule has 3 aromatic heterocycles. The second-order valence-electron chi connectivity index (χ2n) is 6.78. The molecule has 0 aliphatic carbocycles. The van der Waals surface area contributed by atoms with Gasteiger partial charge < -0.3 is 9.13 Å². The smallest absolute Gasteiger partial charge is 0.250 e. The normalized spacial score (nSPS) is 12.2. The summed E-state index contributed by atoms with van der Waals surface area (Å²) in [4.78, 5) is 4.65. The largest absolute Gasteiger partial charge is 0.326 e. The van der Waals surface area contributed by atoms with Crippen molar-refractivity contribution in [2.45, 2.75) is 26.8 Å². The van der Waals surface area contributed by atoms with Crippen LogP contribution in [0.4, 0.5) is 11.6 Å². The number of fused-ring (bicyclic) bond motifs is 4. The summed E-state index contributed by atoms with van der Waals surface area (Å²) in [5.74, 6) is 0.615. The average molecular weight is 371 g/mol. The molecular weight excluding hydrogens is 350 g/mol. The highest BCUT2D eigenvalue weighted by molar-refractivity contribution is 5.86. The first-order valence-corrected chi connectivity index (χ1v) is 9.55. The van der Waals surface area contributed by atoms with Gasteiger partial charge in [-0.15, -0.1) is 10.2 Å². The number of aromatic nitrogens is 5. The van der Waals surface area contributed by atoms with Gasteiger partial charge in [-0.25, -0.2) is 9.50 Å². The van der Waals surface area contributed by atoms with E-state index in [1.807, 2.05) is 41.9 Å². The fraction of sp³-hybridized carbons (Fsp3) is 0.238. The first kappa shape index (κ1) is 16.7. The summed E-state index contributed by atoms with van der Waals surface area (Å²) in [6.45, 7) is 4.96. The van der Waals surface area contributed by atoms with Crippen molar-refractivity contribution < 1.29 is 0 Å². The second kappa shape index (κ2) is 6.30. The monoisotopic (exact) mass is 371 g/mol. The first-order chi connectivity index (χ1) is 13.7. The highest BCUT2D eigenvalue weighted by Crippen LogP contribution is 2.32. The Balaban J connectivity index is 1.72. The summed E-state index contributed by atoms with van der Waals surface area (Å²) < 4.78 is 6.16. The Labute approximate surface area is 161 Å². The van der Waals surface area contributed by atoms with Crippen LogP contribution in [0.25, 0.3) is 27.7 Å². The van der Waals surface area contributed by atoms with Crippen LogP contribution in [0.3, 0.4) is 0 Å². The molecular formula is C21H21N7. The summed E-state index contributed by atoms with van der Waals surface area (Å²) in [6.07, 6.45) is 0.786. The third-order valence-electron chi connectivity index (χ3n) is 5.22. The van der Waals surface area contributed by atoms with Gasteiger partial charge in [0.25, 0.3) is 0 Å². The number of azo groups is 1. The van der Waals surface area contributed by atoms with E-state index in [1.165, 1.54) is 0 Å². The molecule has 0 aliphatic heterocycles. The van der Waals surface area contributed by atoms with Gasteiger partial charge in [0.1, 0.15) is 0 Å². The van der Waals surface area contributed by atoms with E-state index in [0.29, 0.717) is 5.95 Å². The Bertz CT molecular complexity index is 1350. The topological polar surface area (TPSA) is 64.8 Å². The molecule has 0 bridgehead atoms. The van der Waals surface area contributed by atoms with Crippen LogP contribution in [0.15, 0.2) is 58.8 Å². The molecule has 0 N–H and O–H groups in total. The maximum absolute atomic E-state index is 4.79. The van der Waals surface area contributed by atoms with Gasteiger partial charge in [0.05, 0.1) is 27.8 Å². The molecule has 0 spiro atoms. The zero-order valence-electron chi connectivity index (χ0n) is 16.2. The standard InChI is InChI=1S/C21H21N7/c1-4-14-19(20-26(3)17-12-8-9-13-18(17)28(20)25-14)23-24-21-22-15-10-6-7-11-16(15)27(21)5-2/h6-13H,4-5H2,1-3H3. The Morgan fingerprint density at radius 2 is 1.61 bits per heavy atom. The fourth-order valence-corrected chi connectivity index (χ4v) is 3.84. The van der Waals surface area contributed by atoms with Crippen molar-refractivity contribution in [3.63, 3.8) is 0 Å². The van der Waals surface area contributed by atoms with Gasteiger partial charge in [-0.3, -0.25) is 0 Å². The summed E-state index contributed by atoms with van der Waals surface area (Å²) in [6, 6.07) is 16.3. The van der Waals surface area contributed by atoms with Gasteiger partial charge in [0, 0.05) is 13.6 Å². The van der Waals surface area contributed by atoms with Crippen molar-refractivity contribution >= 4 is 39.3 Å². The lowest BCUT2D eigenvalue weighted by Gasteiger charge is -2.01. The van der Waals surface area contributed by atoms with Gasteiger partial charge in [-0.05, 0) is 37.6 Å². The summed E-state index contributed by atoms with van der Waals surface area (Å²) >= 11 is 0. The maximum Gasteiger partial charge on any atom is 0.250 e. The third-order valence-corrected chi connectivity index (χ3v) is 5.22. The molecule has 0 aliphatic rings. The molecule has 5 aromatic rings. The number of imidazole rings is 2. The summed E-state index contributed by atoms with van der Waals surface area (Å²) in [5.41, 5.74) is 6.86. The molecule has 140 valence electrons. The Morgan fingerprint density at radius 1 is 0.893 bits per heavy atom. The van der Waals surface area contributed by atoms with Crippen molar-refractivity contribution in [3.05, 3.63) is 54.2 Å². The molecule has 0 unspecified atom stereocenters. The second-order valence-corrected chi connectivity index (χ2v) is 6.78. The zero-order chi connectivity index (χ0) is 19.3. The van der Waals surface area contributed by atoms with Crippen molar-refractivity contribution in [2.24, 2.45) is 17.3 Å². The van der Waals surface area contributed by atoms with Crippen LogP contribution >= 0.6 is 0 Å². The van der Waals surface area contributed by atoms with Crippen molar-refractivity contribution in [3.8, 4) is 0 Å². The van der Waals surface area contributed by atoms with Crippen LogP contribution in [-0.2, 0) is 20.0 Å². The minimum atomic E-state index is 0.615. The summed E-state index contributed by atoms with van der Waals surface area (Å²) in [7, 11) is 2.04. The fourth-order valence-electron chi connectivity index (χ4n) is 3.84. The molecule has 0 amide bonds. The van der Waals surface area contributed by atoms with Crippen molar-refractivity contribution in [1.29, 1.82) is 0 Å². The van der Waals surface area contributed by atoms with Crippen LogP contribution in [0.5, 0.6) is 0 Å². The molecule has 28 heavy (non-hydrogen) atoms. The minimum Gasteiger partial charge on any atom is -0.326 e. The first-order valence-electron chi connectivity index (χ1n) is 9.55. The lowest BCUT2D eigenvalue weighted by Crippen LogP contribution is -1.92. The van der Waals surface area contributed by atoms with Crippen LogP contribution in [0.1, 0.15) is 19.5 Å². The number of rotatable bonds is 4. The molecule has 0 fully saturated rings. The lowest BCUT2D eigenvalue weighted by atomic mass is 10.3. The van der Waals surface area contributed by atoms with Crippen LogP contribution in [0, 0.1) is 0 Å². The zero-order valence-corrected chi connectivity index (χ0v) is 16.2. The number of nitrogens with zero attached hydrogens (tertiary/aromatic N) is 7. The molecule has 0 atom stereocenters. The van der Waals surface area contributed by atoms with Gasteiger partial charge in [-0.2, -0.15) is 5.10 Å². The highest BCUT2D eigenvalue weighted by Gasteiger charge is 2.18. The van der Waals surface area contributed by atoms with Gasteiger partial charge in [-0.1, -0.05) is 31.2 Å². The van der Waals surface area contributed by atoms with E-state index in [-0.39, 0.29) is 0 Å². The maximum atomic E-state index is 4.79. The minimum absolute atomic E-state index is 0.615. The summed E-state index contributed by atoms with van der Waals surface area (Å²) in [5, 5.41) is 14.0. The van der Waals surface area contributed by atoms with Crippen LogP contribution in [-0.4, -0.2) is 23.7 Å². The SMILES string of the molecule is CCc1nn2c3ccccc3n(C)c2c1N=Nc1nc2ccccc2n1CC. The number of hydrogen-bond donors (Lipinski definition) is 0. The molecule has 7 heteroatoms. The van der Waals surface area contributed by atoms with E-state index in [2.05, 4.69) is 56.4 Å². The molecule has 5 rings (SSSR count). The molecule has 2 aromatic carbocycles. The molecule has 0 saturated carbocycles. The van der Waals surface area contributed by atoms with Crippen LogP contribution < -0.4 is 0 Å². The Kier molecular flexibility index (Phi) is 3.75. The molecule has 3 heterocycles. The predicted molar refractivity (Wildman–Crippen MR) is 111 cm³/mol. The van der Waals surface area contributed by atoms with E-state index < -0.39 is 0 Å². The van der Waals surface area contributed by atoms with E-state index in [4.69, 9.17) is 5.10 Å². The number of para-hydroxylation sites is 4. The number of benzene rings is 2. The van der Waals surface area contributed by atoms with Gasteiger partial charge in [0.2, 0.25) is 5.95 Å². The molecule has 0 saturated heterocycles. The third kappa shape index (κ3) is 2.29. The Hall–Kier alpha value is -3.48. The van der Waals surface area contributed by atoms with Crippen LogP contribution in [0.2, 0.25) is 0 Å². The van der Waals surface area contributed by atoms with Crippen molar-refractivity contribution in [2.75, 3.05) is 0 Å². The predicted octanol–water partition coefficient (Wildman–Crippen LogP) is 5.17. The Morgan fingerprint density at radius 3 is 2.36 bits per heavy atom. The average Bonchev–Trinajstić information content (AvgIpc) is 3.36. The molecule has 0 radical (unpaired) electrons. The lowest BCUT2D eigenvalue weighted by molar-refractivity contribution is 0.781.